The Hall–Kier alpha value is -3.12. The van der Waals surface area contributed by atoms with E-state index in [9.17, 15) is 4.79 Å². The lowest BCUT2D eigenvalue weighted by Crippen LogP contribution is -2.45. The van der Waals surface area contributed by atoms with Crippen LogP contribution in [0.5, 0.6) is 5.75 Å². The molecule has 1 N–H and O–H groups in total. The number of nitrogens with one attached hydrogen (secondary N) is 1. The molecule has 3 aromatic rings. The number of carbonyl (C=O) groups excluding carboxylic acids is 1. The van der Waals surface area contributed by atoms with E-state index in [2.05, 4.69) is 53.5 Å². The van der Waals surface area contributed by atoms with E-state index in [1.807, 2.05) is 44.2 Å². The number of ether oxygens (including phenoxy) is 1. The first-order valence-corrected chi connectivity index (χ1v) is 11.7. The summed E-state index contributed by atoms with van der Waals surface area (Å²) in [6.45, 7) is 11.1. The van der Waals surface area contributed by atoms with Gasteiger partial charge < -0.3 is 14.6 Å². The largest absolute Gasteiger partial charge is 0.489 e. The minimum absolute atomic E-state index is 0.0320. The van der Waals surface area contributed by atoms with E-state index in [0.717, 1.165) is 47.8 Å². The molecule has 0 saturated carbocycles. The highest BCUT2D eigenvalue weighted by atomic mass is 16.5. The molecule has 1 unspecified atom stereocenters. The van der Waals surface area contributed by atoms with Crippen molar-refractivity contribution in [1.29, 1.82) is 0 Å². The number of rotatable bonds is 12. The van der Waals surface area contributed by atoms with Crippen molar-refractivity contribution in [3.63, 3.8) is 0 Å². The van der Waals surface area contributed by atoms with Crippen molar-refractivity contribution in [2.75, 3.05) is 19.6 Å². The third kappa shape index (κ3) is 7.19. The Balaban J connectivity index is 1.51. The third-order valence-corrected chi connectivity index (χ3v) is 6.03. The van der Waals surface area contributed by atoms with Crippen LogP contribution in [0.1, 0.15) is 42.0 Å². The van der Waals surface area contributed by atoms with E-state index in [4.69, 9.17) is 9.26 Å². The van der Waals surface area contributed by atoms with Gasteiger partial charge in [-0.3, -0.25) is 9.69 Å². The molecule has 33 heavy (non-hydrogen) atoms. The van der Waals surface area contributed by atoms with Crippen LogP contribution in [-0.2, 0) is 24.2 Å². The highest BCUT2D eigenvalue weighted by molar-refractivity contribution is 5.78. The van der Waals surface area contributed by atoms with Gasteiger partial charge in [0.1, 0.15) is 18.1 Å². The van der Waals surface area contributed by atoms with E-state index >= 15 is 0 Å². The van der Waals surface area contributed by atoms with E-state index in [1.165, 1.54) is 5.56 Å². The van der Waals surface area contributed by atoms with E-state index in [1.54, 1.807) is 0 Å². The number of benzene rings is 2. The first-order chi connectivity index (χ1) is 16.0. The lowest BCUT2D eigenvalue weighted by Gasteiger charge is -2.30. The van der Waals surface area contributed by atoms with Gasteiger partial charge in [-0.15, -0.1) is 0 Å². The average molecular weight is 450 g/mol. The maximum Gasteiger partial charge on any atom is 0.224 e. The number of carbonyl (C=O) groups is 1. The second-order valence-electron chi connectivity index (χ2n) is 8.28. The third-order valence-electron chi connectivity index (χ3n) is 6.03. The van der Waals surface area contributed by atoms with Crippen LogP contribution in [0.2, 0.25) is 0 Å². The molecule has 0 saturated heterocycles. The van der Waals surface area contributed by atoms with Crippen molar-refractivity contribution < 1.29 is 14.1 Å². The second-order valence-corrected chi connectivity index (χ2v) is 8.28. The van der Waals surface area contributed by atoms with Crippen LogP contribution >= 0.6 is 0 Å². The van der Waals surface area contributed by atoms with Gasteiger partial charge in [-0.25, -0.2) is 0 Å². The standard InChI is InChI=1S/C27H35N3O3/c1-5-30(6-2)24(16-22-10-8-7-9-11-22)18-28-27(31)17-23-12-14-25(15-13-23)32-19-26-20(3)29-33-21(26)4/h7-15,24H,5-6,16-19H2,1-4H3,(H,28,31). The molecule has 3 rings (SSSR count). The Morgan fingerprint density at radius 2 is 1.73 bits per heavy atom. The maximum atomic E-state index is 12.6. The smallest absolute Gasteiger partial charge is 0.224 e. The van der Waals surface area contributed by atoms with Crippen LogP contribution in [0.3, 0.4) is 0 Å². The molecular formula is C27H35N3O3. The topological polar surface area (TPSA) is 67.6 Å². The van der Waals surface area contributed by atoms with Crippen LogP contribution in [-0.4, -0.2) is 41.6 Å². The van der Waals surface area contributed by atoms with Crippen molar-refractivity contribution in [1.82, 2.24) is 15.4 Å². The Labute approximate surface area is 196 Å². The predicted octanol–water partition coefficient (Wildman–Crippen LogP) is 4.48. The zero-order valence-corrected chi connectivity index (χ0v) is 20.1. The van der Waals surface area contributed by atoms with Crippen molar-refractivity contribution in [3.8, 4) is 5.75 Å². The lowest BCUT2D eigenvalue weighted by molar-refractivity contribution is -0.120. The molecule has 1 aromatic heterocycles. The fourth-order valence-electron chi connectivity index (χ4n) is 4.00. The highest BCUT2D eigenvalue weighted by Crippen LogP contribution is 2.18. The summed E-state index contributed by atoms with van der Waals surface area (Å²) in [5.41, 5.74) is 4.06. The number of hydrogen-bond donors (Lipinski definition) is 1. The molecule has 176 valence electrons. The van der Waals surface area contributed by atoms with Crippen LogP contribution in [0, 0.1) is 13.8 Å². The molecule has 0 radical (unpaired) electrons. The van der Waals surface area contributed by atoms with Gasteiger partial charge in [0.2, 0.25) is 5.91 Å². The van der Waals surface area contributed by atoms with Gasteiger partial charge in [-0.1, -0.05) is 61.5 Å². The first-order valence-electron chi connectivity index (χ1n) is 11.7. The number of nitrogens with zero attached hydrogens (tertiary/aromatic N) is 2. The fraction of sp³-hybridized carbons (Fsp3) is 0.407. The zero-order chi connectivity index (χ0) is 23.6. The summed E-state index contributed by atoms with van der Waals surface area (Å²) >= 11 is 0. The van der Waals surface area contributed by atoms with E-state index < -0.39 is 0 Å². The number of likely N-dealkylation sites (N-methyl/N-ethyl adjacent to an activating group) is 1. The van der Waals surface area contributed by atoms with Gasteiger partial charge in [-0.2, -0.15) is 0 Å². The molecule has 2 aromatic carbocycles. The first kappa shape index (κ1) is 24.5. The number of hydrogen-bond acceptors (Lipinski definition) is 5. The monoisotopic (exact) mass is 449 g/mol. The van der Waals surface area contributed by atoms with Crippen molar-refractivity contribution in [2.24, 2.45) is 0 Å². The summed E-state index contributed by atoms with van der Waals surface area (Å²) in [4.78, 5) is 15.0. The van der Waals surface area contributed by atoms with Crippen molar-refractivity contribution in [3.05, 3.63) is 82.7 Å². The molecule has 1 atom stereocenters. The summed E-state index contributed by atoms with van der Waals surface area (Å²) < 4.78 is 11.0. The molecule has 0 aliphatic carbocycles. The minimum atomic E-state index is 0.0320. The highest BCUT2D eigenvalue weighted by Gasteiger charge is 2.17. The molecular weight excluding hydrogens is 414 g/mol. The van der Waals surface area contributed by atoms with Crippen LogP contribution in [0.4, 0.5) is 0 Å². The van der Waals surface area contributed by atoms with Crippen molar-refractivity contribution >= 4 is 5.91 Å². The summed E-state index contributed by atoms with van der Waals surface area (Å²) in [5, 5.41) is 7.09. The molecule has 0 aliphatic heterocycles. The Morgan fingerprint density at radius 1 is 1.03 bits per heavy atom. The SMILES string of the molecule is CCN(CC)C(CNC(=O)Cc1ccc(OCc2c(C)noc2C)cc1)Cc1ccccc1. The molecule has 0 spiro atoms. The molecule has 1 amide bonds. The molecule has 0 bridgehead atoms. The van der Waals surface area contributed by atoms with E-state index in [0.29, 0.717) is 19.6 Å². The molecule has 1 heterocycles. The Bertz CT molecular complexity index is 976. The van der Waals surface area contributed by atoms with Gasteiger partial charge >= 0.3 is 0 Å². The lowest BCUT2D eigenvalue weighted by atomic mass is 10.0. The number of aromatic nitrogens is 1. The molecule has 0 fully saturated rings. The quantitative estimate of drug-likeness (QED) is 0.442. The van der Waals surface area contributed by atoms with Crippen LogP contribution in [0.15, 0.2) is 59.1 Å². The van der Waals surface area contributed by atoms with Gasteiger partial charge in [0.15, 0.2) is 0 Å². The Morgan fingerprint density at radius 3 is 2.33 bits per heavy atom. The summed E-state index contributed by atoms with van der Waals surface area (Å²) in [6.07, 6.45) is 1.26. The zero-order valence-electron chi connectivity index (χ0n) is 20.1. The summed E-state index contributed by atoms with van der Waals surface area (Å²) in [7, 11) is 0. The van der Waals surface area contributed by atoms with Gasteiger partial charge in [0.25, 0.3) is 0 Å². The fourth-order valence-corrected chi connectivity index (χ4v) is 4.00. The minimum Gasteiger partial charge on any atom is -0.489 e. The van der Waals surface area contributed by atoms with Crippen molar-refractivity contribution in [2.45, 2.75) is 53.2 Å². The summed E-state index contributed by atoms with van der Waals surface area (Å²) in [6, 6.07) is 18.4. The van der Waals surface area contributed by atoms with Gasteiger partial charge in [0, 0.05) is 12.6 Å². The number of amides is 1. The number of aryl methyl sites for hydroxylation is 2. The predicted molar refractivity (Wildman–Crippen MR) is 130 cm³/mol. The average Bonchev–Trinajstić information content (AvgIpc) is 3.15. The molecule has 6 heteroatoms. The van der Waals surface area contributed by atoms with Crippen LogP contribution in [0.25, 0.3) is 0 Å². The molecule has 0 aliphatic rings. The van der Waals surface area contributed by atoms with Crippen LogP contribution < -0.4 is 10.1 Å². The van der Waals surface area contributed by atoms with Gasteiger partial charge in [-0.05, 0) is 56.6 Å². The normalized spacial score (nSPS) is 12.0. The second kappa shape index (κ2) is 12.2. The Kier molecular flexibility index (Phi) is 9.07. The van der Waals surface area contributed by atoms with E-state index in [-0.39, 0.29) is 11.9 Å². The van der Waals surface area contributed by atoms with Gasteiger partial charge in [0.05, 0.1) is 17.7 Å². The maximum absolute atomic E-state index is 12.6. The summed E-state index contributed by atoms with van der Waals surface area (Å²) in [5.74, 6) is 1.56. The molecule has 6 nitrogen and oxygen atoms in total.